The second-order valence-corrected chi connectivity index (χ2v) is 5.26. The number of nitrogens with one attached hydrogen (secondary N) is 1. The molecule has 0 radical (unpaired) electrons. The fourth-order valence-electron chi connectivity index (χ4n) is 2.34. The van der Waals surface area contributed by atoms with Crippen LogP contribution < -0.4 is 5.32 Å². The van der Waals surface area contributed by atoms with Crippen molar-refractivity contribution in [2.24, 2.45) is 0 Å². The van der Waals surface area contributed by atoms with E-state index < -0.39 is 10.5 Å². The van der Waals surface area contributed by atoms with Crippen molar-refractivity contribution in [3.63, 3.8) is 0 Å². The molecule has 0 atom stereocenters. The Bertz CT molecular complexity index is 668. The van der Waals surface area contributed by atoms with Crippen LogP contribution in [0.2, 0.25) is 0 Å². The van der Waals surface area contributed by atoms with Crippen LogP contribution in [0.5, 0.6) is 0 Å². The number of pyridine rings is 1. The monoisotopic (exact) mass is 273 g/mol. The van der Waals surface area contributed by atoms with Crippen molar-refractivity contribution in [2.75, 3.05) is 11.9 Å². The molecule has 0 unspecified atom stereocenters. The second-order valence-electron chi connectivity index (χ2n) is 5.26. The molecular weight excluding hydrogens is 258 g/mol. The zero-order valence-corrected chi connectivity index (χ0v) is 10.9. The molecule has 20 heavy (non-hydrogen) atoms. The molecule has 0 aliphatic heterocycles. The van der Waals surface area contributed by atoms with E-state index in [1.54, 1.807) is 18.2 Å². The van der Waals surface area contributed by atoms with E-state index in [0.29, 0.717) is 17.9 Å². The molecule has 1 saturated carbocycles. The van der Waals surface area contributed by atoms with Gasteiger partial charge in [-0.15, -0.1) is 0 Å². The quantitative estimate of drug-likeness (QED) is 0.660. The maximum atomic E-state index is 10.7. The number of rotatable bonds is 4. The largest absolute Gasteiger partial charge is 0.388 e. The van der Waals surface area contributed by atoms with Crippen LogP contribution in [0.15, 0.2) is 30.3 Å². The summed E-state index contributed by atoms with van der Waals surface area (Å²) in [5.41, 5.74) is 0.150. The van der Waals surface area contributed by atoms with Crippen molar-refractivity contribution in [1.82, 2.24) is 4.98 Å². The minimum absolute atomic E-state index is 0.0591. The van der Waals surface area contributed by atoms with E-state index in [4.69, 9.17) is 0 Å². The molecule has 3 rings (SSSR count). The van der Waals surface area contributed by atoms with Crippen LogP contribution in [0.3, 0.4) is 0 Å². The van der Waals surface area contributed by atoms with Crippen LogP contribution >= 0.6 is 0 Å². The zero-order chi connectivity index (χ0) is 14.2. The second kappa shape index (κ2) is 4.72. The van der Waals surface area contributed by atoms with Gasteiger partial charge in [0.2, 0.25) is 0 Å². The van der Waals surface area contributed by atoms with Gasteiger partial charge in [-0.3, -0.25) is 10.1 Å². The van der Waals surface area contributed by atoms with Gasteiger partial charge in [0, 0.05) is 24.1 Å². The third kappa shape index (κ3) is 2.42. The Kier molecular flexibility index (Phi) is 3.02. The van der Waals surface area contributed by atoms with Crippen molar-refractivity contribution >= 4 is 22.4 Å². The Hall–Kier alpha value is -2.21. The van der Waals surface area contributed by atoms with Crippen molar-refractivity contribution in [1.29, 1.82) is 0 Å². The summed E-state index contributed by atoms with van der Waals surface area (Å²) in [7, 11) is 0. The summed E-state index contributed by atoms with van der Waals surface area (Å²) in [4.78, 5) is 14.7. The fraction of sp³-hybridized carbons (Fsp3) is 0.357. The molecular formula is C14H15N3O3. The smallest absolute Gasteiger partial charge is 0.270 e. The highest BCUT2D eigenvalue weighted by Gasteiger charge is 2.33. The number of aliphatic hydroxyl groups is 1. The number of non-ortho nitro benzene ring substituents is 1. The molecule has 0 bridgehead atoms. The highest BCUT2D eigenvalue weighted by molar-refractivity contribution is 5.82. The normalized spacial score (nSPS) is 16.6. The average molecular weight is 273 g/mol. The number of hydrogen-bond donors (Lipinski definition) is 2. The van der Waals surface area contributed by atoms with E-state index in [1.165, 1.54) is 12.1 Å². The van der Waals surface area contributed by atoms with Crippen LogP contribution in [0.25, 0.3) is 10.9 Å². The average Bonchev–Trinajstić information content (AvgIpc) is 2.42. The number of aromatic nitrogens is 1. The van der Waals surface area contributed by atoms with Gasteiger partial charge in [0.1, 0.15) is 5.82 Å². The first-order valence-corrected chi connectivity index (χ1v) is 6.57. The standard InChI is InChI=1S/C14H15N3O3/c18-14(6-1-7-14)9-15-13-5-2-10-8-11(17(19)20)3-4-12(10)16-13/h2-5,8,18H,1,6-7,9H2,(H,15,16). The molecule has 2 N–H and O–H groups in total. The van der Waals surface area contributed by atoms with Crippen LogP contribution in [0.1, 0.15) is 19.3 Å². The molecule has 1 fully saturated rings. The van der Waals surface area contributed by atoms with Gasteiger partial charge in [-0.1, -0.05) is 0 Å². The lowest BCUT2D eigenvalue weighted by molar-refractivity contribution is -0.384. The Morgan fingerprint density at radius 1 is 1.35 bits per heavy atom. The van der Waals surface area contributed by atoms with Gasteiger partial charge in [0.05, 0.1) is 16.0 Å². The van der Waals surface area contributed by atoms with Gasteiger partial charge in [-0.2, -0.15) is 0 Å². The Balaban J connectivity index is 1.80. The first kappa shape index (κ1) is 12.8. The summed E-state index contributed by atoms with van der Waals surface area (Å²) >= 11 is 0. The molecule has 1 aliphatic rings. The van der Waals surface area contributed by atoms with E-state index in [1.807, 2.05) is 0 Å². The number of benzene rings is 1. The summed E-state index contributed by atoms with van der Waals surface area (Å²) in [6, 6.07) is 8.15. The Morgan fingerprint density at radius 3 is 2.80 bits per heavy atom. The van der Waals surface area contributed by atoms with Crippen LogP contribution in [0, 0.1) is 10.1 Å². The number of fused-ring (bicyclic) bond motifs is 1. The van der Waals surface area contributed by atoms with Gasteiger partial charge < -0.3 is 10.4 Å². The first-order valence-electron chi connectivity index (χ1n) is 6.57. The fourth-order valence-corrected chi connectivity index (χ4v) is 2.34. The molecule has 104 valence electrons. The maximum absolute atomic E-state index is 10.7. The zero-order valence-electron chi connectivity index (χ0n) is 10.9. The van der Waals surface area contributed by atoms with Crippen molar-refractivity contribution < 1.29 is 10.0 Å². The molecule has 1 aromatic carbocycles. The van der Waals surface area contributed by atoms with Gasteiger partial charge >= 0.3 is 0 Å². The molecule has 2 aromatic rings. The number of hydrogen-bond acceptors (Lipinski definition) is 5. The van der Waals surface area contributed by atoms with E-state index in [9.17, 15) is 15.2 Å². The number of anilines is 1. The molecule has 6 heteroatoms. The van der Waals surface area contributed by atoms with Crippen LogP contribution in [-0.4, -0.2) is 27.2 Å². The third-order valence-electron chi connectivity index (χ3n) is 3.77. The van der Waals surface area contributed by atoms with E-state index in [-0.39, 0.29) is 5.69 Å². The van der Waals surface area contributed by atoms with E-state index >= 15 is 0 Å². The van der Waals surface area contributed by atoms with E-state index in [2.05, 4.69) is 10.3 Å². The molecule has 1 aliphatic carbocycles. The minimum atomic E-state index is -0.605. The lowest BCUT2D eigenvalue weighted by Crippen LogP contribution is -2.43. The predicted molar refractivity (Wildman–Crippen MR) is 75.7 cm³/mol. The summed E-state index contributed by atoms with van der Waals surface area (Å²) in [5.74, 6) is 0.673. The molecule has 0 amide bonds. The highest BCUT2D eigenvalue weighted by Crippen LogP contribution is 2.31. The highest BCUT2D eigenvalue weighted by atomic mass is 16.6. The maximum Gasteiger partial charge on any atom is 0.270 e. The topological polar surface area (TPSA) is 88.3 Å². The Morgan fingerprint density at radius 2 is 2.15 bits per heavy atom. The van der Waals surface area contributed by atoms with Crippen molar-refractivity contribution in [3.05, 3.63) is 40.4 Å². The SMILES string of the molecule is O=[N+]([O-])c1ccc2nc(NCC3(O)CCC3)ccc2c1. The summed E-state index contributed by atoms with van der Waals surface area (Å²) < 4.78 is 0. The number of nitrogens with zero attached hydrogens (tertiary/aromatic N) is 2. The summed E-state index contributed by atoms with van der Waals surface area (Å²) in [6.45, 7) is 0.485. The third-order valence-corrected chi connectivity index (χ3v) is 3.77. The predicted octanol–water partition coefficient (Wildman–Crippen LogP) is 2.47. The molecule has 1 heterocycles. The molecule has 1 aromatic heterocycles. The van der Waals surface area contributed by atoms with Crippen molar-refractivity contribution in [3.8, 4) is 0 Å². The van der Waals surface area contributed by atoms with Gasteiger partial charge in [0.15, 0.2) is 0 Å². The molecule has 0 spiro atoms. The van der Waals surface area contributed by atoms with Crippen LogP contribution in [0.4, 0.5) is 11.5 Å². The Labute approximate surface area is 115 Å². The summed E-state index contributed by atoms with van der Waals surface area (Å²) in [5, 5.41) is 24.6. The molecule has 6 nitrogen and oxygen atoms in total. The van der Waals surface area contributed by atoms with E-state index in [0.717, 1.165) is 24.6 Å². The lowest BCUT2D eigenvalue weighted by Gasteiger charge is -2.36. The van der Waals surface area contributed by atoms with Crippen molar-refractivity contribution in [2.45, 2.75) is 24.9 Å². The number of nitro benzene ring substituents is 1. The molecule has 0 saturated heterocycles. The minimum Gasteiger partial charge on any atom is -0.388 e. The van der Waals surface area contributed by atoms with Gasteiger partial charge in [-0.05, 0) is 37.5 Å². The summed E-state index contributed by atoms with van der Waals surface area (Å²) in [6.07, 6.45) is 2.70. The number of nitro groups is 1. The lowest BCUT2D eigenvalue weighted by atomic mass is 9.80. The van der Waals surface area contributed by atoms with Gasteiger partial charge in [0.25, 0.3) is 5.69 Å². The van der Waals surface area contributed by atoms with Gasteiger partial charge in [-0.25, -0.2) is 4.98 Å². The van der Waals surface area contributed by atoms with Crippen LogP contribution in [-0.2, 0) is 0 Å². The first-order chi connectivity index (χ1) is 9.56.